The van der Waals surface area contributed by atoms with E-state index in [4.69, 9.17) is 0 Å². The normalized spacial score (nSPS) is 10.5. The van der Waals surface area contributed by atoms with Crippen LogP contribution in [0.15, 0.2) is 42.0 Å². The molecule has 4 nitrogen and oxygen atoms in total. The van der Waals surface area contributed by atoms with Gasteiger partial charge in [0.2, 0.25) is 5.95 Å². The van der Waals surface area contributed by atoms with Gasteiger partial charge in [-0.05, 0) is 18.2 Å². The summed E-state index contributed by atoms with van der Waals surface area (Å²) in [4.78, 5) is 12.3. The summed E-state index contributed by atoms with van der Waals surface area (Å²) in [5, 5.41) is 5.08. The molecule has 0 saturated heterocycles. The van der Waals surface area contributed by atoms with E-state index in [1.165, 1.54) is 23.6 Å². The average molecular weight is 290 g/mol. The minimum atomic E-state index is -0.701. The highest BCUT2D eigenvalue weighted by molar-refractivity contribution is 7.13. The van der Waals surface area contributed by atoms with E-state index in [-0.39, 0.29) is 11.6 Å². The number of anilines is 2. The SMILES string of the molecule is Fc1cccc(F)c1Nc1nccc(-c2nccs2)n1. The van der Waals surface area contributed by atoms with Crippen LogP contribution in [0.25, 0.3) is 10.7 Å². The smallest absolute Gasteiger partial charge is 0.227 e. The molecule has 0 unspecified atom stereocenters. The van der Waals surface area contributed by atoms with E-state index in [0.717, 1.165) is 12.1 Å². The molecular formula is C13H8F2N4S. The fraction of sp³-hybridized carbons (Fsp3) is 0. The first kappa shape index (κ1) is 12.6. The monoisotopic (exact) mass is 290 g/mol. The van der Waals surface area contributed by atoms with Crippen molar-refractivity contribution in [2.75, 3.05) is 5.32 Å². The van der Waals surface area contributed by atoms with E-state index in [1.807, 2.05) is 5.38 Å². The molecule has 100 valence electrons. The lowest BCUT2D eigenvalue weighted by Crippen LogP contribution is -2.01. The van der Waals surface area contributed by atoms with Crippen LogP contribution in [-0.2, 0) is 0 Å². The molecule has 0 aliphatic carbocycles. The molecule has 0 saturated carbocycles. The Bertz CT molecular complexity index is 711. The first-order chi connectivity index (χ1) is 9.74. The van der Waals surface area contributed by atoms with Crippen molar-refractivity contribution in [2.24, 2.45) is 0 Å². The lowest BCUT2D eigenvalue weighted by Gasteiger charge is -2.07. The fourth-order valence-corrected chi connectivity index (χ4v) is 2.22. The number of hydrogen-bond donors (Lipinski definition) is 1. The van der Waals surface area contributed by atoms with Crippen LogP contribution in [0.1, 0.15) is 0 Å². The van der Waals surface area contributed by atoms with Crippen molar-refractivity contribution in [1.29, 1.82) is 0 Å². The molecule has 0 bridgehead atoms. The molecule has 0 amide bonds. The second kappa shape index (κ2) is 5.30. The Morgan fingerprint density at radius 2 is 1.80 bits per heavy atom. The molecule has 0 spiro atoms. The van der Waals surface area contributed by atoms with Crippen molar-refractivity contribution < 1.29 is 8.78 Å². The van der Waals surface area contributed by atoms with Gasteiger partial charge < -0.3 is 5.32 Å². The van der Waals surface area contributed by atoms with Crippen LogP contribution in [0.2, 0.25) is 0 Å². The number of benzene rings is 1. The molecular weight excluding hydrogens is 282 g/mol. The summed E-state index contributed by atoms with van der Waals surface area (Å²) >= 11 is 1.42. The summed E-state index contributed by atoms with van der Waals surface area (Å²) in [6.07, 6.45) is 3.16. The summed E-state index contributed by atoms with van der Waals surface area (Å²) in [5.74, 6) is -1.29. The number of rotatable bonds is 3. The summed E-state index contributed by atoms with van der Waals surface area (Å²) in [6, 6.07) is 5.30. The molecule has 2 aromatic heterocycles. The first-order valence-electron chi connectivity index (χ1n) is 5.68. The number of nitrogens with one attached hydrogen (secondary N) is 1. The minimum Gasteiger partial charge on any atom is -0.319 e. The Morgan fingerprint density at radius 1 is 1.00 bits per heavy atom. The van der Waals surface area contributed by atoms with Crippen LogP contribution in [0.3, 0.4) is 0 Å². The second-order valence-corrected chi connectivity index (χ2v) is 4.72. The van der Waals surface area contributed by atoms with E-state index in [2.05, 4.69) is 20.3 Å². The van der Waals surface area contributed by atoms with Gasteiger partial charge in [0.25, 0.3) is 0 Å². The second-order valence-electron chi connectivity index (χ2n) is 3.82. The molecule has 1 aromatic carbocycles. The topological polar surface area (TPSA) is 50.7 Å². The van der Waals surface area contributed by atoms with Gasteiger partial charge in [-0.1, -0.05) is 6.07 Å². The highest BCUT2D eigenvalue weighted by Gasteiger charge is 2.11. The number of aromatic nitrogens is 3. The number of para-hydroxylation sites is 1. The third kappa shape index (κ3) is 2.48. The van der Waals surface area contributed by atoms with Crippen molar-refractivity contribution in [1.82, 2.24) is 15.0 Å². The summed E-state index contributed by atoms with van der Waals surface area (Å²) in [6.45, 7) is 0. The first-order valence-corrected chi connectivity index (χ1v) is 6.56. The van der Waals surface area contributed by atoms with Crippen molar-refractivity contribution >= 4 is 23.0 Å². The molecule has 0 aliphatic rings. The van der Waals surface area contributed by atoms with Crippen molar-refractivity contribution in [2.45, 2.75) is 0 Å². The lowest BCUT2D eigenvalue weighted by atomic mass is 10.3. The zero-order valence-electron chi connectivity index (χ0n) is 10.0. The van der Waals surface area contributed by atoms with Gasteiger partial charge in [-0.2, -0.15) is 0 Å². The molecule has 3 rings (SSSR count). The molecule has 20 heavy (non-hydrogen) atoms. The summed E-state index contributed by atoms with van der Waals surface area (Å²) in [5.41, 5.74) is 0.318. The zero-order chi connectivity index (χ0) is 13.9. The van der Waals surface area contributed by atoms with Gasteiger partial charge in [-0.15, -0.1) is 11.3 Å². The largest absolute Gasteiger partial charge is 0.319 e. The van der Waals surface area contributed by atoms with E-state index >= 15 is 0 Å². The molecule has 1 N–H and O–H groups in total. The molecule has 0 radical (unpaired) electrons. The quantitative estimate of drug-likeness (QED) is 0.800. The van der Waals surface area contributed by atoms with Gasteiger partial charge >= 0.3 is 0 Å². The summed E-state index contributed by atoms with van der Waals surface area (Å²) in [7, 11) is 0. The van der Waals surface area contributed by atoms with E-state index in [0.29, 0.717) is 10.7 Å². The number of halogens is 2. The molecule has 0 atom stereocenters. The van der Waals surface area contributed by atoms with Gasteiger partial charge in [-0.3, -0.25) is 0 Å². The maximum Gasteiger partial charge on any atom is 0.227 e. The number of thiazole rings is 1. The lowest BCUT2D eigenvalue weighted by molar-refractivity contribution is 0.590. The predicted molar refractivity (Wildman–Crippen MR) is 72.8 cm³/mol. The maximum atomic E-state index is 13.5. The zero-order valence-corrected chi connectivity index (χ0v) is 10.9. The molecule has 3 aromatic rings. The Kier molecular flexibility index (Phi) is 3.34. The highest BCUT2D eigenvalue weighted by Crippen LogP contribution is 2.23. The Balaban J connectivity index is 1.94. The van der Waals surface area contributed by atoms with Crippen LogP contribution < -0.4 is 5.32 Å². The van der Waals surface area contributed by atoms with Gasteiger partial charge in [0, 0.05) is 17.8 Å². The van der Waals surface area contributed by atoms with Gasteiger partial charge in [0.05, 0.1) is 0 Å². The molecule has 2 heterocycles. The summed E-state index contributed by atoms with van der Waals surface area (Å²) < 4.78 is 27.1. The standard InChI is InChI=1S/C13H8F2N4S/c14-8-2-1-3-9(15)11(8)19-13-17-5-4-10(18-13)12-16-6-7-20-12/h1-7H,(H,17,18,19). The van der Waals surface area contributed by atoms with Crippen LogP contribution in [0.4, 0.5) is 20.4 Å². The average Bonchev–Trinajstić information content (AvgIpc) is 2.98. The maximum absolute atomic E-state index is 13.5. The van der Waals surface area contributed by atoms with E-state index in [1.54, 1.807) is 12.3 Å². The molecule has 0 fully saturated rings. The van der Waals surface area contributed by atoms with Crippen LogP contribution in [-0.4, -0.2) is 15.0 Å². The van der Waals surface area contributed by atoms with E-state index < -0.39 is 11.6 Å². The molecule has 0 aliphatic heterocycles. The third-order valence-corrected chi connectivity index (χ3v) is 3.30. The fourth-order valence-electron chi connectivity index (χ4n) is 1.62. The van der Waals surface area contributed by atoms with Crippen molar-refractivity contribution in [3.8, 4) is 10.7 Å². The van der Waals surface area contributed by atoms with E-state index in [9.17, 15) is 8.78 Å². The van der Waals surface area contributed by atoms with Crippen molar-refractivity contribution in [3.05, 3.63) is 53.7 Å². The number of hydrogen-bond acceptors (Lipinski definition) is 5. The van der Waals surface area contributed by atoms with Crippen molar-refractivity contribution in [3.63, 3.8) is 0 Å². The Hall–Kier alpha value is -2.41. The van der Waals surface area contributed by atoms with Gasteiger partial charge in [-0.25, -0.2) is 23.7 Å². The highest BCUT2D eigenvalue weighted by atomic mass is 32.1. The minimum absolute atomic E-state index is 0.113. The Morgan fingerprint density at radius 3 is 2.50 bits per heavy atom. The third-order valence-electron chi connectivity index (χ3n) is 2.51. The molecule has 7 heteroatoms. The predicted octanol–water partition coefficient (Wildman–Crippen LogP) is 3.62. The van der Waals surface area contributed by atoms with Crippen LogP contribution in [0, 0.1) is 11.6 Å². The van der Waals surface area contributed by atoms with Gasteiger partial charge in [0.1, 0.15) is 28.0 Å². The van der Waals surface area contributed by atoms with Crippen LogP contribution >= 0.6 is 11.3 Å². The van der Waals surface area contributed by atoms with Crippen LogP contribution in [0.5, 0.6) is 0 Å². The Labute approximate surface area is 117 Å². The van der Waals surface area contributed by atoms with Gasteiger partial charge in [0.15, 0.2) is 0 Å². The number of nitrogens with zero attached hydrogens (tertiary/aromatic N) is 3.